The number of benzene rings is 1. The van der Waals surface area contributed by atoms with Gasteiger partial charge in [0.1, 0.15) is 0 Å². The molecule has 0 fully saturated rings. The monoisotopic (exact) mass is 161 g/mol. The van der Waals surface area contributed by atoms with Crippen LogP contribution in [-0.4, -0.2) is 10.2 Å². The minimum absolute atomic E-state index is 0.826. The Hall–Kier alpha value is -1.51. The first-order chi connectivity index (χ1) is 5.68. The molecule has 0 spiro atoms. The molecule has 0 saturated heterocycles. The van der Waals surface area contributed by atoms with Gasteiger partial charge in [0.2, 0.25) is 0 Å². The first-order valence-electron chi connectivity index (χ1n) is 3.89. The Balaban J connectivity index is 2.87. The van der Waals surface area contributed by atoms with Crippen LogP contribution in [-0.2, 0) is 0 Å². The van der Waals surface area contributed by atoms with Crippen LogP contribution in [0.3, 0.4) is 0 Å². The first kappa shape index (κ1) is 7.16. The van der Waals surface area contributed by atoms with E-state index in [4.69, 9.17) is 5.73 Å². The fourth-order valence-electron chi connectivity index (χ4n) is 1.31. The SMILES string of the molecule is Cc1cc2n[nH]c(C)c2cc1N. The number of aromatic nitrogens is 2. The Morgan fingerprint density at radius 1 is 1.33 bits per heavy atom. The third-order valence-corrected chi connectivity index (χ3v) is 2.13. The summed E-state index contributed by atoms with van der Waals surface area (Å²) in [5.74, 6) is 0. The molecule has 2 rings (SSSR count). The van der Waals surface area contributed by atoms with Crippen LogP contribution in [0.25, 0.3) is 10.9 Å². The Kier molecular flexibility index (Phi) is 1.33. The maximum absolute atomic E-state index is 5.77. The molecule has 0 aliphatic rings. The standard InChI is InChI=1S/C9H11N3/c1-5-3-9-7(4-8(5)10)6(2)11-12-9/h3-4H,10H2,1-2H3,(H,11,12). The number of hydrogen-bond acceptors (Lipinski definition) is 2. The summed E-state index contributed by atoms with van der Waals surface area (Å²) in [5, 5.41) is 8.17. The zero-order chi connectivity index (χ0) is 8.72. The number of nitrogens with zero attached hydrogens (tertiary/aromatic N) is 1. The Morgan fingerprint density at radius 2 is 2.08 bits per heavy atom. The van der Waals surface area contributed by atoms with Crippen molar-refractivity contribution in [3.63, 3.8) is 0 Å². The summed E-state index contributed by atoms with van der Waals surface area (Å²) in [7, 11) is 0. The van der Waals surface area contributed by atoms with Crippen LogP contribution in [0.2, 0.25) is 0 Å². The van der Waals surface area contributed by atoms with Crippen LogP contribution in [0.4, 0.5) is 5.69 Å². The predicted molar refractivity (Wildman–Crippen MR) is 50.0 cm³/mol. The van der Waals surface area contributed by atoms with Gasteiger partial charge in [0.15, 0.2) is 0 Å². The van der Waals surface area contributed by atoms with E-state index in [0.29, 0.717) is 0 Å². The van der Waals surface area contributed by atoms with E-state index in [1.54, 1.807) is 0 Å². The molecule has 0 bridgehead atoms. The molecule has 0 radical (unpaired) electrons. The van der Waals surface area contributed by atoms with E-state index >= 15 is 0 Å². The van der Waals surface area contributed by atoms with Crippen molar-refractivity contribution in [1.29, 1.82) is 0 Å². The maximum Gasteiger partial charge on any atom is 0.0927 e. The molecule has 0 unspecified atom stereocenters. The van der Waals surface area contributed by atoms with E-state index in [0.717, 1.165) is 27.8 Å². The van der Waals surface area contributed by atoms with Gasteiger partial charge in [-0.15, -0.1) is 0 Å². The highest BCUT2D eigenvalue weighted by molar-refractivity contribution is 5.85. The summed E-state index contributed by atoms with van der Waals surface area (Å²) < 4.78 is 0. The van der Waals surface area contributed by atoms with Gasteiger partial charge >= 0.3 is 0 Å². The summed E-state index contributed by atoms with van der Waals surface area (Å²) in [4.78, 5) is 0. The van der Waals surface area contributed by atoms with Gasteiger partial charge in [-0.2, -0.15) is 5.10 Å². The molecular weight excluding hydrogens is 150 g/mol. The number of nitrogens with two attached hydrogens (primary N) is 1. The zero-order valence-electron chi connectivity index (χ0n) is 7.18. The second kappa shape index (κ2) is 2.24. The highest BCUT2D eigenvalue weighted by atomic mass is 15.1. The first-order valence-corrected chi connectivity index (χ1v) is 3.89. The number of anilines is 1. The van der Waals surface area contributed by atoms with Crippen molar-refractivity contribution in [3.05, 3.63) is 23.4 Å². The van der Waals surface area contributed by atoms with Gasteiger partial charge in [0.05, 0.1) is 5.52 Å². The predicted octanol–water partition coefficient (Wildman–Crippen LogP) is 1.76. The average molecular weight is 161 g/mol. The lowest BCUT2D eigenvalue weighted by Gasteiger charge is -1.98. The average Bonchev–Trinajstić information content (AvgIpc) is 2.35. The number of nitrogens with one attached hydrogen (secondary N) is 1. The normalized spacial score (nSPS) is 10.8. The quantitative estimate of drug-likeness (QED) is 0.578. The molecule has 0 amide bonds. The van der Waals surface area contributed by atoms with E-state index in [2.05, 4.69) is 10.2 Å². The minimum Gasteiger partial charge on any atom is -0.398 e. The van der Waals surface area contributed by atoms with E-state index in [1.165, 1.54) is 0 Å². The van der Waals surface area contributed by atoms with Crippen LogP contribution in [0.1, 0.15) is 11.3 Å². The van der Waals surface area contributed by atoms with Crippen LogP contribution >= 0.6 is 0 Å². The number of fused-ring (bicyclic) bond motifs is 1. The van der Waals surface area contributed by atoms with Gasteiger partial charge in [-0.1, -0.05) is 0 Å². The lowest BCUT2D eigenvalue weighted by atomic mass is 10.1. The molecule has 0 saturated carbocycles. The van der Waals surface area contributed by atoms with Crippen LogP contribution < -0.4 is 5.73 Å². The van der Waals surface area contributed by atoms with E-state index in [1.807, 2.05) is 26.0 Å². The smallest absolute Gasteiger partial charge is 0.0927 e. The van der Waals surface area contributed by atoms with Gasteiger partial charge in [-0.3, -0.25) is 5.10 Å². The van der Waals surface area contributed by atoms with Gasteiger partial charge in [0.25, 0.3) is 0 Å². The van der Waals surface area contributed by atoms with Gasteiger partial charge in [-0.25, -0.2) is 0 Å². The number of H-pyrrole nitrogens is 1. The molecule has 3 heteroatoms. The second-order valence-electron chi connectivity index (χ2n) is 3.07. The third-order valence-electron chi connectivity index (χ3n) is 2.13. The van der Waals surface area contributed by atoms with Crippen molar-refractivity contribution in [2.75, 3.05) is 5.73 Å². The van der Waals surface area contributed by atoms with Gasteiger partial charge in [0, 0.05) is 16.8 Å². The van der Waals surface area contributed by atoms with Crippen molar-refractivity contribution in [1.82, 2.24) is 10.2 Å². The number of rotatable bonds is 0. The molecule has 0 aliphatic carbocycles. The molecule has 0 aliphatic heterocycles. The lowest BCUT2D eigenvalue weighted by molar-refractivity contribution is 1.07. The molecule has 1 heterocycles. The van der Waals surface area contributed by atoms with Gasteiger partial charge in [-0.05, 0) is 31.5 Å². The molecule has 1 aromatic carbocycles. The minimum atomic E-state index is 0.826. The molecule has 2 aromatic rings. The van der Waals surface area contributed by atoms with E-state index in [-0.39, 0.29) is 0 Å². The summed E-state index contributed by atoms with van der Waals surface area (Å²) in [6.07, 6.45) is 0. The summed E-state index contributed by atoms with van der Waals surface area (Å²) >= 11 is 0. The summed E-state index contributed by atoms with van der Waals surface area (Å²) in [5.41, 5.74) is 9.73. The Bertz CT molecular complexity index is 429. The molecule has 12 heavy (non-hydrogen) atoms. The molecule has 0 atom stereocenters. The highest BCUT2D eigenvalue weighted by Gasteiger charge is 2.02. The molecule has 62 valence electrons. The van der Waals surface area contributed by atoms with Crippen LogP contribution in [0.15, 0.2) is 12.1 Å². The number of nitrogen functional groups attached to an aromatic ring is 1. The highest BCUT2D eigenvalue weighted by Crippen LogP contribution is 2.21. The molecule has 3 N–H and O–H groups in total. The van der Waals surface area contributed by atoms with E-state index in [9.17, 15) is 0 Å². The molecular formula is C9H11N3. The Morgan fingerprint density at radius 3 is 2.83 bits per heavy atom. The van der Waals surface area contributed by atoms with Gasteiger partial charge < -0.3 is 5.73 Å². The fourth-order valence-corrected chi connectivity index (χ4v) is 1.31. The van der Waals surface area contributed by atoms with Crippen LogP contribution in [0, 0.1) is 13.8 Å². The molecule has 1 aromatic heterocycles. The lowest BCUT2D eigenvalue weighted by Crippen LogP contribution is -1.88. The van der Waals surface area contributed by atoms with Crippen molar-refractivity contribution in [2.24, 2.45) is 0 Å². The number of aromatic amines is 1. The zero-order valence-corrected chi connectivity index (χ0v) is 7.18. The topological polar surface area (TPSA) is 54.7 Å². The molecule has 3 nitrogen and oxygen atoms in total. The second-order valence-corrected chi connectivity index (χ2v) is 3.07. The van der Waals surface area contributed by atoms with Crippen molar-refractivity contribution < 1.29 is 0 Å². The van der Waals surface area contributed by atoms with E-state index < -0.39 is 0 Å². The number of aryl methyl sites for hydroxylation is 2. The Labute approximate surface area is 70.6 Å². The fraction of sp³-hybridized carbons (Fsp3) is 0.222. The third kappa shape index (κ3) is 0.863. The summed E-state index contributed by atoms with van der Waals surface area (Å²) in [6.45, 7) is 3.98. The van der Waals surface area contributed by atoms with Crippen molar-refractivity contribution >= 4 is 16.6 Å². The summed E-state index contributed by atoms with van der Waals surface area (Å²) in [6, 6.07) is 3.96. The van der Waals surface area contributed by atoms with Crippen molar-refractivity contribution in [3.8, 4) is 0 Å². The maximum atomic E-state index is 5.77. The van der Waals surface area contributed by atoms with Crippen molar-refractivity contribution in [2.45, 2.75) is 13.8 Å². The number of hydrogen-bond donors (Lipinski definition) is 2. The largest absolute Gasteiger partial charge is 0.398 e. The van der Waals surface area contributed by atoms with Crippen LogP contribution in [0.5, 0.6) is 0 Å².